The summed E-state index contributed by atoms with van der Waals surface area (Å²) in [5.41, 5.74) is 1.37. The minimum atomic E-state index is -4.74. The van der Waals surface area contributed by atoms with E-state index in [0.29, 0.717) is 82.6 Å². The van der Waals surface area contributed by atoms with E-state index >= 15 is 0 Å². The number of carbonyl (C=O) groups excluding carboxylic acids is 2. The van der Waals surface area contributed by atoms with Gasteiger partial charge in [-0.25, -0.2) is 14.6 Å². The highest BCUT2D eigenvalue weighted by atomic mass is 19.4. The van der Waals surface area contributed by atoms with Crippen molar-refractivity contribution >= 4 is 46.6 Å². The number of rotatable bonds is 10. The quantitative estimate of drug-likeness (QED) is 0.235. The molecule has 14 nitrogen and oxygen atoms in total. The first-order valence-corrected chi connectivity index (χ1v) is 16.4. The fraction of sp³-hybridized carbons (Fsp3) is 0.455. The molecule has 17 heteroatoms. The second kappa shape index (κ2) is 15.9. The molecule has 2 aromatic carbocycles. The first-order chi connectivity index (χ1) is 24.0. The molecule has 0 spiro atoms. The molecule has 2 saturated heterocycles. The molecule has 2 aliphatic rings. The zero-order valence-corrected chi connectivity index (χ0v) is 28.6. The van der Waals surface area contributed by atoms with Gasteiger partial charge in [-0.3, -0.25) is 0 Å². The number of aromatic nitrogens is 2. The number of nitrogens with zero attached hydrogens (tertiary/aromatic N) is 6. The lowest BCUT2D eigenvalue weighted by Gasteiger charge is -2.36. The van der Waals surface area contributed by atoms with Crippen LogP contribution in [0, 0.1) is 0 Å². The zero-order chi connectivity index (χ0) is 35.8. The van der Waals surface area contributed by atoms with Crippen molar-refractivity contribution in [2.24, 2.45) is 0 Å². The van der Waals surface area contributed by atoms with Crippen molar-refractivity contribution in [2.45, 2.75) is 20.0 Å². The van der Waals surface area contributed by atoms with Gasteiger partial charge in [-0.15, -0.1) is 0 Å². The number of ether oxygens (including phenoxy) is 2. The summed E-state index contributed by atoms with van der Waals surface area (Å²) in [4.78, 5) is 40.3. The maximum absolute atomic E-state index is 14.1. The molecule has 3 aromatic rings. The van der Waals surface area contributed by atoms with E-state index in [2.05, 4.69) is 41.0 Å². The van der Waals surface area contributed by atoms with Gasteiger partial charge in [-0.1, -0.05) is 0 Å². The number of benzene rings is 2. The van der Waals surface area contributed by atoms with Crippen LogP contribution in [0.15, 0.2) is 42.6 Å². The Morgan fingerprint density at radius 3 is 1.62 bits per heavy atom. The van der Waals surface area contributed by atoms with Crippen molar-refractivity contribution in [1.29, 1.82) is 0 Å². The van der Waals surface area contributed by atoms with Gasteiger partial charge in [0.25, 0.3) is 0 Å². The van der Waals surface area contributed by atoms with Gasteiger partial charge in [0.1, 0.15) is 22.9 Å². The van der Waals surface area contributed by atoms with E-state index in [1.807, 2.05) is 26.0 Å². The first-order valence-electron chi connectivity index (χ1n) is 16.4. The van der Waals surface area contributed by atoms with Crippen LogP contribution in [0.25, 0.3) is 0 Å². The molecule has 50 heavy (non-hydrogen) atoms. The summed E-state index contributed by atoms with van der Waals surface area (Å²) in [5.74, 6) is 0.217. The maximum atomic E-state index is 14.1. The molecule has 2 aliphatic heterocycles. The number of piperazine rings is 2. The fourth-order valence-electron chi connectivity index (χ4n) is 5.81. The van der Waals surface area contributed by atoms with Crippen molar-refractivity contribution in [1.82, 2.24) is 30.4 Å². The molecular formula is C33H43F3N10O4. The molecule has 5 rings (SSSR count). The number of amides is 4. The van der Waals surface area contributed by atoms with E-state index in [9.17, 15) is 22.8 Å². The molecule has 0 radical (unpaired) electrons. The van der Waals surface area contributed by atoms with Gasteiger partial charge in [0.05, 0.1) is 25.6 Å². The Kier molecular flexibility index (Phi) is 11.4. The number of halogens is 3. The third-order valence-electron chi connectivity index (χ3n) is 8.48. The number of alkyl halides is 3. The molecule has 2 fully saturated rings. The normalized spacial score (nSPS) is 15.0. The molecule has 270 valence electrons. The van der Waals surface area contributed by atoms with Crippen LogP contribution in [-0.2, 0) is 6.18 Å². The lowest BCUT2D eigenvalue weighted by molar-refractivity contribution is -0.137. The van der Waals surface area contributed by atoms with Crippen LogP contribution in [0.1, 0.15) is 19.4 Å². The molecule has 4 N–H and O–H groups in total. The number of hydrogen-bond donors (Lipinski definition) is 4. The summed E-state index contributed by atoms with van der Waals surface area (Å²) in [7, 11) is 2.94. The molecule has 3 heterocycles. The predicted octanol–water partition coefficient (Wildman–Crippen LogP) is 4.70. The lowest BCUT2D eigenvalue weighted by Crippen LogP contribution is -2.51. The standard InChI is InChI=1S/C33H43F3N10O4/c1-5-37-31(47)45-15-11-43(12-16-45)22-7-9-25(27(19-22)49-3)40-29-24(33(34,35)36)21-39-30(42-29)41-26-10-8-23(20-28(26)50-4)44-13-17-46(18-14-44)32(48)38-6-2/h7-10,19-21H,5-6,11-18H2,1-4H3,(H,37,47)(H,38,48)(H2,39,40,41,42). The van der Waals surface area contributed by atoms with Crippen LogP contribution < -0.4 is 40.5 Å². The van der Waals surface area contributed by atoms with Crippen molar-refractivity contribution in [3.05, 3.63) is 48.2 Å². The highest BCUT2D eigenvalue weighted by Crippen LogP contribution is 2.39. The Hall–Kier alpha value is -5.35. The minimum absolute atomic E-state index is 0.0809. The van der Waals surface area contributed by atoms with Crippen molar-refractivity contribution in [3.8, 4) is 11.5 Å². The van der Waals surface area contributed by atoms with Crippen molar-refractivity contribution in [2.75, 3.05) is 100 Å². The molecular weight excluding hydrogens is 657 g/mol. The number of nitrogens with one attached hydrogen (secondary N) is 4. The molecule has 0 bridgehead atoms. The monoisotopic (exact) mass is 700 g/mol. The predicted molar refractivity (Wildman–Crippen MR) is 185 cm³/mol. The Labute approximate surface area is 288 Å². The summed E-state index contributed by atoms with van der Waals surface area (Å²) in [6.45, 7) is 9.47. The number of anilines is 6. The summed E-state index contributed by atoms with van der Waals surface area (Å²) >= 11 is 0. The van der Waals surface area contributed by atoms with Gasteiger partial charge in [0, 0.05) is 95.2 Å². The Bertz CT molecular complexity index is 1640. The molecule has 0 atom stereocenters. The third-order valence-corrected chi connectivity index (χ3v) is 8.48. The highest BCUT2D eigenvalue weighted by Gasteiger charge is 2.36. The number of carbonyl (C=O) groups is 2. The second-order valence-corrected chi connectivity index (χ2v) is 11.6. The van der Waals surface area contributed by atoms with Gasteiger partial charge in [-0.2, -0.15) is 18.2 Å². The van der Waals surface area contributed by atoms with Crippen LogP contribution in [0.5, 0.6) is 11.5 Å². The van der Waals surface area contributed by atoms with Crippen LogP contribution in [0.3, 0.4) is 0 Å². The third kappa shape index (κ3) is 8.44. The second-order valence-electron chi connectivity index (χ2n) is 11.6. The smallest absolute Gasteiger partial charge is 0.421 e. The zero-order valence-electron chi connectivity index (χ0n) is 28.6. The van der Waals surface area contributed by atoms with Crippen molar-refractivity contribution < 1.29 is 32.2 Å². The Balaban J connectivity index is 1.32. The molecule has 0 aliphatic carbocycles. The fourth-order valence-corrected chi connectivity index (χ4v) is 5.81. The van der Waals surface area contributed by atoms with Gasteiger partial charge in [0.2, 0.25) is 5.95 Å². The van der Waals surface area contributed by atoms with E-state index in [0.717, 1.165) is 17.6 Å². The molecule has 1 aromatic heterocycles. The van der Waals surface area contributed by atoms with Crippen LogP contribution in [0.4, 0.5) is 57.3 Å². The topological polar surface area (TPSA) is 139 Å². The SMILES string of the molecule is CCNC(=O)N1CCN(c2ccc(Nc3ncc(C(F)(F)F)c(Nc4ccc(N5CCN(C(=O)NCC)CC5)cc4OC)n3)c(OC)c2)CC1. The number of urea groups is 2. The first kappa shape index (κ1) is 35.9. The average Bonchev–Trinajstić information content (AvgIpc) is 3.12. The molecule has 0 saturated carbocycles. The van der Waals surface area contributed by atoms with Crippen LogP contribution in [0.2, 0.25) is 0 Å². The minimum Gasteiger partial charge on any atom is -0.494 e. The molecule has 0 unspecified atom stereocenters. The van der Waals surface area contributed by atoms with E-state index in [1.165, 1.54) is 14.2 Å². The van der Waals surface area contributed by atoms with Crippen LogP contribution in [-0.4, -0.2) is 111 Å². The number of hydrogen-bond acceptors (Lipinski definition) is 10. The Morgan fingerprint density at radius 2 is 1.20 bits per heavy atom. The van der Waals surface area contributed by atoms with E-state index in [1.54, 1.807) is 34.1 Å². The summed E-state index contributed by atoms with van der Waals surface area (Å²) in [6.07, 6.45) is -4.01. The highest BCUT2D eigenvalue weighted by molar-refractivity contribution is 5.76. The lowest BCUT2D eigenvalue weighted by atomic mass is 10.2. The number of methoxy groups -OCH3 is 2. The van der Waals surface area contributed by atoms with E-state index in [4.69, 9.17) is 9.47 Å². The summed E-state index contributed by atoms with van der Waals surface area (Å²) in [6, 6.07) is 10.4. The Morgan fingerprint density at radius 1 is 0.740 bits per heavy atom. The largest absolute Gasteiger partial charge is 0.494 e. The van der Waals surface area contributed by atoms with Gasteiger partial charge >= 0.3 is 18.2 Å². The van der Waals surface area contributed by atoms with Gasteiger partial charge in [0.15, 0.2) is 0 Å². The van der Waals surface area contributed by atoms with Gasteiger partial charge in [-0.05, 0) is 38.1 Å². The molecule has 4 amide bonds. The average molecular weight is 701 g/mol. The van der Waals surface area contributed by atoms with Gasteiger partial charge < -0.3 is 50.3 Å². The summed E-state index contributed by atoms with van der Waals surface area (Å²) < 4.78 is 53.5. The van der Waals surface area contributed by atoms with E-state index in [-0.39, 0.29) is 23.7 Å². The van der Waals surface area contributed by atoms with Crippen molar-refractivity contribution in [3.63, 3.8) is 0 Å². The van der Waals surface area contributed by atoms with E-state index < -0.39 is 17.6 Å². The maximum Gasteiger partial charge on any atom is 0.421 e. The summed E-state index contributed by atoms with van der Waals surface area (Å²) in [5, 5.41) is 11.4. The van der Waals surface area contributed by atoms with Crippen LogP contribution >= 0.6 is 0 Å².